The number of nitrogens with zero attached hydrogens (tertiary/aromatic N) is 3. The van der Waals surface area contributed by atoms with Gasteiger partial charge in [-0.2, -0.15) is 0 Å². The molecular weight excluding hydrogens is 278 g/mol. The summed E-state index contributed by atoms with van der Waals surface area (Å²) in [5, 5.41) is 0. The predicted octanol–water partition coefficient (Wildman–Crippen LogP) is 2.29. The van der Waals surface area contributed by atoms with E-state index in [1.54, 1.807) is 0 Å². The lowest BCUT2D eigenvalue weighted by Crippen LogP contribution is -2.53. The van der Waals surface area contributed by atoms with Crippen LogP contribution in [0.15, 0.2) is 0 Å². The third-order valence-electron chi connectivity index (χ3n) is 4.37. The normalized spacial score (nSPS) is 13.7. The summed E-state index contributed by atoms with van der Waals surface area (Å²) < 4.78 is 6.12. The Morgan fingerprint density at radius 2 is 1.10 bits per heavy atom. The monoisotopic (exact) mass is 317 g/mol. The Labute approximate surface area is 134 Å². The average molecular weight is 318 g/mol. The van der Waals surface area contributed by atoms with Gasteiger partial charge in [0, 0.05) is 32.2 Å². The fraction of sp³-hybridized carbons (Fsp3) is 1.00. The highest BCUT2D eigenvalue weighted by Crippen LogP contribution is 2.36. The van der Waals surface area contributed by atoms with Crippen LogP contribution in [0.2, 0.25) is 18.1 Å². The van der Waals surface area contributed by atoms with Crippen molar-refractivity contribution in [2.75, 3.05) is 69.0 Å². The molecule has 0 atom stereocenters. The van der Waals surface area contributed by atoms with E-state index in [0.717, 1.165) is 19.6 Å². The molecule has 0 aromatic heterocycles. The summed E-state index contributed by atoms with van der Waals surface area (Å²) in [4.78, 5) is 7.02. The van der Waals surface area contributed by atoms with E-state index in [9.17, 15) is 0 Å². The molecule has 0 unspecified atom stereocenters. The molecule has 0 heterocycles. The average Bonchev–Trinajstić information content (AvgIpc) is 2.33. The van der Waals surface area contributed by atoms with Gasteiger partial charge in [-0.25, -0.2) is 0 Å². The Bertz CT molecular complexity index is 244. The van der Waals surface area contributed by atoms with Crippen molar-refractivity contribution in [1.29, 1.82) is 0 Å². The number of rotatable bonds is 11. The molecule has 0 N–H and O–H groups in total. The molecule has 0 aromatic rings. The highest BCUT2D eigenvalue weighted by atomic mass is 28.4. The summed E-state index contributed by atoms with van der Waals surface area (Å²) in [6.07, 6.45) is 0. The molecule has 0 rings (SSSR count). The molecule has 0 bridgehead atoms. The van der Waals surface area contributed by atoms with Gasteiger partial charge in [0.05, 0.1) is 0 Å². The molecule has 0 saturated carbocycles. The van der Waals surface area contributed by atoms with Crippen molar-refractivity contribution in [3.05, 3.63) is 0 Å². The van der Waals surface area contributed by atoms with E-state index in [1.165, 1.54) is 18.1 Å². The second-order valence-electron chi connectivity index (χ2n) is 7.48. The zero-order valence-electron chi connectivity index (χ0n) is 16.0. The van der Waals surface area contributed by atoms with Gasteiger partial charge < -0.3 is 19.1 Å². The smallest absolute Gasteiger partial charge is 0.192 e. The molecule has 0 fully saturated rings. The Balaban J connectivity index is 5.49. The Morgan fingerprint density at radius 3 is 1.29 bits per heavy atom. The second-order valence-corrected chi connectivity index (χ2v) is 12.0. The minimum Gasteiger partial charge on any atom is -0.420 e. The van der Waals surface area contributed by atoms with E-state index < -0.39 is 8.32 Å². The first kappa shape index (κ1) is 21.1. The van der Waals surface area contributed by atoms with Crippen LogP contribution in [0, 0.1) is 5.41 Å². The van der Waals surface area contributed by atoms with Crippen molar-refractivity contribution in [2.45, 2.75) is 32.0 Å². The number of hydrogen-bond acceptors (Lipinski definition) is 4. The van der Waals surface area contributed by atoms with Crippen molar-refractivity contribution in [3.63, 3.8) is 0 Å². The van der Waals surface area contributed by atoms with E-state index in [-0.39, 0.29) is 5.41 Å². The van der Waals surface area contributed by atoms with E-state index in [4.69, 9.17) is 4.43 Å². The molecule has 21 heavy (non-hydrogen) atoms. The van der Waals surface area contributed by atoms with Gasteiger partial charge in [0.15, 0.2) is 8.32 Å². The molecule has 0 spiro atoms. The molecule has 128 valence electrons. The molecular formula is C16H39N3OSi. The van der Waals surface area contributed by atoms with Gasteiger partial charge in [-0.15, -0.1) is 0 Å². The van der Waals surface area contributed by atoms with Crippen LogP contribution in [0.4, 0.5) is 0 Å². The molecule has 0 amide bonds. The maximum atomic E-state index is 6.12. The zero-order chi connectivity index (χ0) is 16.7. The van der Waals surface area contributed by atoms with E-state index in [1.807, 2.05) is 7.11 Å². The third kappa shape index (κ3) is 7.24. The Morgan fingerprint density at radius 1 is 0.762 bits per heavy atom. The number of hydrogen-bond donors (Lipinski definition) is 0. The topological polar surface area (TPSA) is 19.0 Å². The van der Waals surface area contributed by atoms with Crippen LogP contribution in [-0.4, -0.2) is 92.0 Å². The summed E-state index contributed by atoms with van der Waals surface area (Å²) in [6.45, 7) is 7.96. The molecule has 0 aliphatic carbocycles. The first-order valence-corrected chi connectivity index (χ1v) is 10.7. The van der Waals surface area contributed by atoms with Crippen LogP contribution in [0.1, 0.15) is 13.8 Å². The summed E-state index contributed by atoms with van der Waals surface area (Å²) in [5.41, 5.74) is 0.269. The lowest BCUT2D eigenvalue weighted by Gasteiger charge is -2.45. The summed E-state index contributed by atoms with van der Waals surface area (Å²) in [5.74, 6) is 0. The van der Waals surface area contributed by atoms with Crippen molar-refractivity contribution in [3.8, 4) is 0 Å². The quantitative estimate of drug-likeness (QED) is 0.544. The summed E-state index contributed by atoms with van der Waals surface area (Å²) in [6, 6.07) is 3.64. The summed E-state index contributed by atoms with van der Waals surface area (Å²) in [7, 11) is 13.4. The highest BCUT2D eigenvalue weighted by molar-refractivity contribution is 6.73. The molecule has 0 radical (unpaired) electrons. The fourth-order valence-electron chi connectivity index (χ4n) is 3.87. The maximum Gasteiger partial charge on any atom is 0.192 e. The van der Waals surface area contributed by atoms with Gasteiger partial charge in [0.25, 0.3) is 0 Å². The predicted molar refractivity (Wildman–Crippen MR) is 96.6 cm³/mol. The molecule has 0 aliphatic heterocycles. The van der Waals surface area contributed by atoms with E-state index >= 15 is 0 Å². The van der Waals surface area contributed by atoms with Crippen LogP contribution in [0.25, 0.3) is 0 Å². The molecule has 0 aromatic carbocycles. The fourth-order valence-corrected chi connectivity index (χ4v) is 7.30. The molecule has 0 saturated heterocycles. The van der Waals surface area contributed by atoms with Gasteiger partial charge in [-0.1, -0.05) is 13.8 Å². The first-order chi connectivity index (χ1) is 9.64. The highest BCUT2D eigenvalue weighted by Gasteiger charge is 2.42. The van der Waals surface area contributed by atoms with Crippen LogP contribution in [0.5, 0.6) is 0 Å². The lowest BCUT2D eigenvalue weighted by molar-refractivity contribution is 0.117. The molecule has 0 aliphatic rings. The molecule has 4 nitrogen and oxygen atoms in total. The largest absolute Gasteiger partial charge is 0.420 e. The van der Waals surface area contributed by atoms with Crippen molar-refractivity contribution in [1.82, 2.24) is 14.7 Å². The van der Waals surface area contributed by atoms with E-state index in [0.29, 0.717) is 0 Å². The van der Waals surface area contributed by atoms with Crippen LogP contribution in [0.3, 0.4) is 0 Å². The van der Waals surface area contributed by atoms with Gasteiger partial charge >= 0.3 is 0 Å². The zero-order valence-corrected chi connectivity index (χ0v) is 17.0. The van der Waals surface area contributed by atoms with Crippen molar-refractivity contribution < 1.29 is 4.43 Å². The van der Waals surface area contributed by atoms with E-state index in [2.05, 4.69) is 70.8 Å². The Kier molecular flexibility index (Phi) is 9.28. The van der Waals surface area contributed by atoms with Gasteiger partial charge in [-0.05, 0) is 60.4 Å². The van der Waals surface area contributed by atoms with Crippen LogP contribution < -0.4 is 0 Å². The van der Waals surface area contributed by atoms with Gasteiger partial charge in [-0.3, -0.25) is 0 Å². The summed E-state index contributed by atoms with van der Waals surface area (Å²) >= 11 is 0. The first-order valence-electron chi connectivity index (χ1n) is 8.13. The third-order valence-corrected chi connectivity index (χ3v) is 9.21. The standard InChI is InChI=1S/C16H39N3OSi/c1-10-21(11-2,20-9)15-16(12-17(3)4,13-18(5)6)14-19(7)8/h10-15H2,1-9H3. The van der Waals surface area contributed by atoms with Crippen molar-refractivity contribution in [2.24, 2.45) is 5.41 Å². The van der Waals surface area contributed by atoms with Crippen LogP contribution >= 0.6 is 0 Å². The Hall–Kier alpha value is 0.0569. The molecule has 5 heteroatoms. The van der Waals surface area contributed by atoms with Gasteiger partial charge in [0.1, 0.15) is 0 Å². The minimum atomic E-state index is -1.63. The SMILES string of the molecule is CC[Si](CC)(CC(CN(C)C)(CN(C)C)CN(C)C)OC. The second kappa shape index (κ2) is 9.25. The minimum absolute atomic E-state index is 0.269. The van der Waals surface area contributed by atoms with Crippen molar-refractivity contribution >= 4 is 8.32 Å². The van der Waals surface area contributed by atoms with Crippen LogP contribution in [-0.2, 0) is 4.43 Å². The maximum absolute atomic E-state index is 6.12. The van der Waals surface area contributed by atoms with Gasteiger partial charge in [0.2, 0.25) is 0 Å². The lowest BCUT2D eigenvalue weighted by atomic mass is 9.88.